The van der Waals surface area contributed by atoms with E-state index in [0.717, 1.165) is 25.2 Å². The zero-order valence-corrected chi connectivity index (χ0v) is 20.1. The van der Waals surface area contributed by atoms with Gasteiger partial charge in [-0.1, -0.05) is 48.5 Å². The standard InChI is InChI=1S/C24H34N4O3S/c1-18(22(29)25-12-15-28-13-8-5-9-14-28)32-24-26-21(17-31-3)20(23(30)27(24)2)16-19-10-6-4-7-11-19/h4,6-7,10-11,18H,5,8-9,12-17H2,1-3H3,(H,25,29). The van der Waals surface area contributed by atoms with Crippen LogP contribution >= 0.6 is 11.8 Å². The molecule has 1 N–H and O–H groups in total. The summed E-state index contributed by atoms with van der Waals surface area (Å²) >= 11 is 1.30. The zero-order chi connectivity index (χ0) is 22.9. The fourth-order valence-electron chi connectivity index (χ4n) is 3.89. The molecule has 1 aromatic heterocycles. The highest BCUT2D eigenvalue weighted by Crippen LogP contribution is 2.22. The first-order chi connectivity index (χ1) is 15.5. The molecular formula is C24H34N4O3S. The van der Waals surface area contributed by atoms with Crippen molar-refractivity contribution in [1.29, 1.82) is 0 Å². The van der Waals surface area contributed by atoms with Crippen molar-refractivity contribution in [1.82, 2.24) is 19.8 Å². The molecule has 1 fully saturated rings. The summed E-state index contributed by atoms with van der Waals surface area (Å²) in [4.78, 5) is 32.9. The van der Waals surface area contributed by atoms with Crippen LogP contribution in [0.1, 0.15) is 43.0 Å². The summed E-state index contributed by atoms with van der Waals surface area (Å²) in [5.74, 6) is -0.0390. The smallest absolute Gasteiger partial charge is 0.257 e. The van der Waals surface area contributed by atoms with E-state index in [1.165, 1.54) is 31.0 Å². The molecule has 2 aromatic rings. The lowest BCUT2D eigenvalue weighted by Crippen LogP contribution is -2.40. The normalized spacial score (nSPS) is 15.5. The fraction of sp³-hybridized carbons (Fsp3) is 0.542. The SMILES string of the molecule is COCc1nc(SC(C)C(=O)NCCN2CCCCC2)n(C)c(=O)c1Cc1ccccc1. The summed E-state index contributed by atoms with van der Waals surface area (Å²) in [6.45, 7) is 5.85. The number of carbonyl (C=O) groups excluding carboxylic acids is 1. The number of nitrogens with zero attached hydrogens (tertiary/aromatic N) is 3. The molecule has 7 nitrogen and oxygen atoms in total. The van der Waals surface area contributed by atoms with E-state index in [0.29, 0.717) is 29.4 Å². The molecule has 1 aliphatic rings. The third-order valence-corrected chi connectivity index (χ3v) is 6.90. The van der Waals surface area contributed by atoms with Gasteiger partial charge in [0, 0.05) is 39.2 Å². The summed E-state index contributed by atoms with van der Waals surface area (Å²) in [6.07, 6.45) is 4.28. The summed E-state index contributed by atoms with van der Waals surface area (Å²) in [6, 6.07) is 9.86. The average molecular weight is 459 g/mol. The molecule has 0 radical (unpaired) electrons. The van der Waals surface area contributed by atoms with E-state index < -0.39 is 0 Å². The minimum absolute atomic E-state index is 0.0390. The van der Waals surface area contributed by atoms with Crippen LogP contribution in [0.25, 0.3) is 0 Å². The number of aromatic nitrogens is 2. The van der Waals surface area contributed by atoms with Crippen molar-refractivity contribution in [3.05, 3.63) is 57.5 Å². The molecule has 0 spiro atoms. The molecule has 174 valence electrons. The lowest BCUT2D eigenvalue weighted by atomic mass is 10.0. The minimum Gasteiger partial charge on any atom is -0.378 e. The molecule has 1 unspecified atom stereocenters. The van der Waals surface area contributed by atoms with E-state index in [9.17, 15) is 9.59 Å². The van der Waals surface area contributed by atoms with Crippen LogP contribution in [-0.2, 0) is 29.6 Å². The predicted octanol–water partition coefficient (Wildman–Crippen LogP) is 2.60. The molecule has 32 heavy (non-hydrogen) atoms. The number of hydrogen-bond donors (Lipinski definition) is 1. The van der Waals surface area contributed by atoms with Crippen molar-refractivity contribution in [3.8, 4) is 0 Å². The van der Waals surface area contributed by atoms with E-state index in [-0.39, 0.29) is 23.3 Å². The maximum absolute atomic E-state index is 13.1. The second-order valence-corrected chi connectivity index (χ2v) is 9.54. The highest BCUT2D eigenvalue weighted by molar-refractivity contribution is 8.00. The Morgan fingerprint density at radius 1 is 1.22 bits per heavy atom. The van der Waals surface area contributed by atoms with Crippen molar-refractivity contribution < 1.29 is 9.53 Å². The van der Waals surface area contributed by atoms with Gasteiger partial charge in [0.2, 0.25) is 5.91 Å². The van der Waals surface area contributed by atoms with Crippen LogP contribution in [0.2, 0.25) is 0 Å². The van der Waals surface area contributed by atoms with Crippen LogP contribution in [0.15, 0.2) is 40.3 Å². The number of rotatable bonds is 10. The summed E-state index contributed by atoms with van der Waals surface area (Å²) in [7, 11) is 3.31. The van der Waals surface area contributed by atoms with Gasteiger partial charge in [-0.25, -0.2) is 4.98 Å². The Morgan fingerprint density at radius 3 is 2.62 bits per heavy atom. The van der Waals surface area contributed by atoms with Gasteiger partial charge in [0.25, 0.3) is 5.56 Å². The van der Waals surface area contributed by atoms with Crippen LogP contribution < -0.4 is 10.9 Å². The molecule has 0 saturated carbocycles. The minimum atomic E-state index is -0.357. The third kappa shape index (κ3) is 6.67. The Hall–Kier alpha value is -2.16. The van der Waals surface area contributed by atoms with E-state index in [1.807, 2.05) is 37.3 Å². The number of piperidine rings is 1. The molecule has 1 amide bonds. The highest BCUT2D eigenvalue weighted by Gasteiger charge is 2.21. The molecule has 8 heteroatoms. The maximum atomic E-state index is 13.1. The lowest BCUT2D eigenvalue weighted by molar-refractivity contribution is -0.120. The number of likely N-dealkylation sites (tertiary alicyclic amines) is 1. The van der Waals surface area contributed by atoms with Gasteiger partial charge in [0.05, 0.1) is 17.6 Å². The van der Waals surface area contributed by atoms with Gasteiger partial charge >= 0.3 is 0 Å². The topological polar surface area (TPSA) is 76.5 Å². The van der Waals surface area contributed by atoms with Crippen LogP contribution in [0, 0.1) is 0 Å². The second kappa shape index (κ2) is 12.2. The number of ether oxygens (including phenoxy) is 1. The largest absolute Gasteiger partial charge is 0.378 e. The number of methoxy groups -OCH3 is 1. The van der Waals surface area contributed by atoms with Crippen molar-refractivity contribution in [3.63, 3.8) is 0 Å². The number of hydrogen-bond acceptors (Lipinski definition) is 6. The molecule has 3 rings (SSSR count). The summed E-state index contributed by atoms with van der Waals surface area (Å²) in [5.41, 5.74) is 2.20. The molecule has 1 aromatic carbocycles. The Bertz CT molecular complexity index is 942. The zero-order valence-electron chi connectivity index (χ0n) is 19.3. The van der Waals surface area contributed by atoms with Gasteiger partial charge in [0.15, 0.2) is 5.16 Å². The van der Waals surface area contributed by atoms with Gasteiger partial charge in [-0.05, 0) is 38.4 Å². The van der Waals surface area contributed by atoms with Crippen LogP contribution in [0.5, 0.6) is 0 Å². The number of thioether (sulfide) groups is 1. The third-order valence-electron chi connectivity index (χ3n) is 5.76. The summed E-state index contributed by atoms with van der Waals surface area (Å²) < 4.78 is 6.86. The van der Waals surface area contributed by atoms with Crippen LogP contribution in [-0.4, -0.2) is 58.9 Å². The fourth-order valence-corrected chi connectivity index (χ4v) is 4.80. The van der Waals surface area contributed by atoms with Crippen LogP contribution in [0.4, 0.5) is 0 Å². The molecule has 0 aliphatic carbocycles. The molecule has 0 bridgehead atoms. The molecule has 2 heterocycles. The number of nitrogens with one attached hydrogen (secondary N) is 1. The average Bonchev–Trinajstić information content (AvgIpc) is 2.81. The van der Waals surface area contributed by atoms with Crippen molar-refractivity contribution in [2.45, 2.75) is 49.6 Å². The van der Waals surface area contributed by atoms with Gasteiger partial charge in [-0.3, -0.25) is 14.2 Å². The summed E-state index contributed by atoms with van der Waals surface area (Å²) in [5, 5.41) is 3.20. The van der Waals surface area contributed by atoms with Gasteiger partial charge in [0.1, 0.15) is 0 Å². The molecule has 1 atom stereocenters. The highest BCUT2D eigenvalue weighted by atomic mass is 32.2. The number of amides is 1. The number of benzene rings is 1. The molecule has 1 saturated heterocycles. The Kier molecular flexibility index (Phi) is 9.32. The first-order valence-electron chi connectivity index (χ1n) is 11.3. The quantitative estimate of drug-likeness (QED) is 0.436. The Labute approximate surface area is 194 Å². The van der Waals surface area contributed by atoms with Gasteiger partial charge < -0.3 is 15.0 Å². The van der Waals surface area contributed by atoms with Crippen molar-refractivity contribution >= 4 is 17.7 Å². The Morgan fingerprint density at radius 2 is 1.94 bits per heavy atom. The van der Waals surface area contributed by atoms with Crippen molar-refractivity contribution in [2.75, 3.05) is 33.3 Å². The maximum Gasteiger partial charge on any atom is 0.257 e. The van der Waals surface area contributed by atoms with E-state index >= 15 is 0 Å². The van der Waals surface area contributed by atoms with Gasteiger partial charge in [-0.2, -0.15) is 0 Å². The van der Waals surface area contributed by atoms with Gasteiger partial charge in [-0.15, -0.1) is 0 Å². The van der Waals surface area contributed by atoms with E-state index in [2.05, 4.69) is 10.2 Å². The molecule has 1 aliphatic heterocycles. The first-order valence-corrected chi connectivity index (χ1v) is 12.2. The van der Waals surface area contributed by atoms with Crippen LogP contribution in [0.3, 0.4) is 0 Å². The van der Waals surface area contributed by atoms with Crippen molar-refractivity contribution in [2.24, 2.45) is 7.05 Å². The van der Waals surface area contributed by atoms with E-state index in [4.69, 9.17) is 9.72 Å². The second-order valence-electron chi connectivity index (χ2n) is 8.23. The first kappa shape index (κ1) is 24.5. The lowest BCUT2D eigenvalue weighted by Gasteiger charge is -2.26. The Balaban J connectivity index is 1.67. The molecular weight excluding hydrogens is 424 g/mol. The number of carbonyl (C=O) groups is 1. The predicted molar refractivity (Wildman–Crippen MR) is 128 cm³/mol. The monoisotopic (exact) mass is 458 g/mol. The van der Waals surface area contributed by atoms with E-state index in [1.54, 1.807) is 18.7 Å².